The molecule has 0 radical (unpaired) electrons. The molecule has 1 fully saturated rings. The van der Waals surface area contributed by atoms with E-state index in [-0.39, 0.29) is 34.8 Å². The molecule has 2 aromatic carbocycles. The summed E-state index contributed by atoms with van der Waals surface area (Å²) in [6.45, 7) is -0.141. The highest BCUT2D eigenvalue weighted by atomic mass is 35.5. The molecule has 31 heavy (non-hydrogen) atoms. The van der Waals surface area contributed by atoms with Gasteiger partial charge in [-0.15, -0.1) is 0 Å². The van der Waals surface area contributed by atoms with E-state index in [4.69, 9.17) is 16.3 Å². The summed E-state index contributed by atoms with van der Waals surface area (Å²) in [5.41, 5.74) is 0.565. The van der Waals surface area contributed by atoms with Crippen LogP contribution in [0.15, 0.2) is 48.2 Å². The van der Waals surface area contributed by atoms with E-state index in [1.807, 2.05) is 0 Å². The molecule has 1 aliphatic carbocycles. The maximum Gasteiger partial charge on any atom is 0.294 e. The Kier molecular flexibility index (Phi) is 6.56. The van der Waals surface area contributed by atoms with Crippen LogP contribution in [-0.4, -0.2) is 24.4 Å². The highest BCUT2D eigenvalue weighted by Gasteiger charge is 2.32. The standard InChI is InChI=1S/C24H24ClFN2O3/c25-18-10-7-11-19(26)17(18)14-22-24(30)28(20-12-5-6-13-21(20)31-22)15-23(29)27-16-8-3-1-2-4-9-16/h5-7,10-14,16H,1-4,8-9,15H2,(H,27,29)/b22-14-. The van der Waals surface area contributed by atoms with Gasteiger partial charge in [0.05, 0.1) is 10.7 Å². The number of benzene rings is 2. The van der Waals surface area contributed by atoms with E-state index in [1.165, 1.54) is 42.0 Å². The van der Waals surface area contributed by atoms with E-state index >= 15 is 0 Å². The molecule has 1 heterocycles. The highest BCUT2D eigenvalue weighted by Crippen LogP contribution is 2.36. The fourth-order valence-electron chi connectivity index (χ4n) is 4.04. The number of anilines is 1. The normalized spacial score (nSPS) is 18.3. The Hall–Kier alpha value is -2.86. The first-order valence-electron chi connectivity index (χ1n) is 10.6. The molecule has 0 aromatic heterocycles. The lowest BCUT2D eigenvalue weighted by atomic mass is 10.1. The summed E-state index contributed by atoms with van der Waals surface area (Å²) in [5.74, 6) is -0.974. The fraction of sp³-hybridized carbons (Fsp3) is 0.333. The number of nitrogens with one attached hydrogen (secondary N) is 1. The first-order valence-corrected chi connectivity index (χ1v) is 10.9. The Bertz CT molecular complexity index is 995. The molecule has 1 saturated carbocycles. The average molecular weight is 443 g/mol. The number of ether oxygens (including phenoxy) is 1. The minimum absolute atomic E-state index is 0.0646. The Morgan fingerprint density at radius 2 is 1.87 bits per heavy atom. The van der Waals surface area contributed by atoms with Crippen LogP contribution >= 0.6 is 11.6 Å². The van der Waals surface area contributed by atoms with Crippen molar-refractivity contribution < 1.29 is 18.7 Å². The second-order valence-electron chi connectivity index (χ2n) is 7.86. The summed E-state index contributed by atoms with van der Waals surface area (Å²) < 4.78 is 20.0. The predicted molar refractivity (Wildman–Crippen MR) is 118 cm³/mol. The number of carbonyl (C=O) groups is 2. The molecule has 7 heteroatoms. The molecule has 1 aliphatic heterocycles. The van der Waals surface area contributed by atoms with Crippen LogP contribution in [0.1, 0.15) is 44.1 Å². The quantitative estimate of drug-likeness (QED) is 0.530. The molecule has 2 aromatic rings. The van der Waals surface area contributed by atoms with Crippen molar-refractivity contribution in [3.05, 3.63) is 64.6 Å². The molecule has 2 aliphatic rings. The van der Waals surface area contributed by atoms with Gasteiger partial charge in [-0.3, -0.25) is 14.5 Å². The average Bonchev–Trinajstić information content (AvgIpc) is 3.02. The van der Waals surface area contributed by atoms with Gasteiger partial charge in [-0.05, 0) is 43.2 Å². The largest absolute Gasteiger partial charge is 0.449 e. The number of hydrogen-bond acceptors (Lipinski definition) is 3. The molecule has 5 nitrogen and oxygen atoms in total. The number of fused-ring (bicyclic) bond motifs is 1. The summed E-state index contributed by atoms with van der Waals surface area (Å²) >= 11 is 6.11. The van der Waals surface area contributed by atoms with Crippen LogP contribution < -0.4 is 15.0 Å². The lowest BCUT2D eigenvalue weighted by Crippen LogP contribution is -2.46. The van der Waals surface area contributed by atoms with Crippen LogP contribution in [0.4, 0.5) is 10.1 Å². The van der Waals surface area contributed by atoms with Crippen LogP contribution in [0.3, 0.4) is 0 Å². The monoisotopic (exact) mass is 442 g/mol. The zero-order valence-electron chi connectivity index (χ0n) is 17.1. The molecule has 0 spiro atoms. The molecule has 162 valence electrons. The van der Waals surface area contributed by atoms with Gasteiger partial charge in [0.15, 0.2) is 11.5 Å². The second kappa shape index (κ2) is 9.52. The third-order valence-electron chi connectivity index (χ3n) is 5.63. The highest BCUT2D eigenvalue weighted by molar-refractivity contribution is 6.32. The Labute approximate surface area is 185 Å². The van der Waals surface area contributed by atoms with E-state index in [2.05, 4.69) is 5.32 Å². The number of hydrogen-bond donors (Lipinski definition) is 1. The Morgan fingerprint density at radius 3 is 2.61 bits per heavy atom. The predicted octanol–water partition coefficient (Wildman–Crippen LogP) is 5.08. The minimum atomic E-state index is -0.562. The number of halogens is 2. The van der Waals surface area contributed by atoms with Gasteiger partial charge < -0.3 is 10.1 Å². The van der Waals surface area contributed by atoms with Crippen molar-refractivity contribution in [2.45, 2.75) is 44.6 Å². The van der Waals surface area contributed by atoms with Crippen molar-refractivity contribution in [2.75, 3.05) is 11.4 Å². The zero-order valence-corrected chi connectivity index (χ0v) is 17.8. The molecular weight excluding hydrogens is 419 g/mol. The van der Waals surface area contributed by atoms with Crippen LogP contribution in [0.2, 0.25) is 5.02 Å². The summed E-state index contributed by atoms with van der Waals surface area (Å²) in [6.07, 6.45) is 7.77. The van der Waals surface area contributed by atoms with Gasteiger partial charge in [0, 0.05) is 11.6 Å². The Morgan fingerprint density at radius 1 is 1.13 bits per heavy atom. The van der Waals surface area contributed by atoms with Crippen LogP contribution in [-0.2, 0) is 9.59 Å². The van der Waals surface area contributed by atoms with Gasteiger partial charge in [0.2, 0.25) is 5.91 Å². The molecule has 0 saturated heterocycles. The number of para-hydroxylation sites is 2. The van der Waals surface area contributed by atoms with Crippen LogP contribution in [0.5, 0.6) is 5.75 Å². The smallest absolute Gasteiger partial charge is 0.294 e. The fourth-order valence-corrected chi connectivity index (χ4v) is 4.26. The lowest BCUT2D eigenvalue weighted by Gasteiger charge is -2.30. The summed E-state index contributed by atoms with van der Waals surface area (Å²) in [5, 5.41) is 3.23. The van der Waals surface area contributed by atoms with Crippen LogP contribution in [0.25, 0.3) is 6.08 Å². The molecule has 0 atom stereocenters. The number of rotatable bonds is 4. The topological polar surface area (TPSA) is 58.6 Å². The maximum atomic E-state index is 14.3. The third-order valence-corrected chi connectivity index (χ3v) is 5.96. The van der Waals surface area contributed by atoms with Crippen molar-refractivity contribution in [1.29, 1.82) is 0 Å². The van der Waals surface area contributed by atoms with E-state index in [1.54, 1.807) is 24.3 Å². The number of amides is 2. The third kappa shape index (κ3) is 4.90. The second-order valence-corrected chi connectivity index (χ2v) is 8.27. The number of carbonyl (C=O) groups excluding carboxylic acids is 2. The maximum absolute atomic E-state index is 14.3. The lowest BCUT2D eigenvalue weighted by molar-refractivity contribution is -0.124. The van der Waals surface area contributed by atoms with Crippen molar-refractivity contribution in [3.63, 3.8) is 0 Å². The zero-order chi connectivity index (χ0) is 21.8. The Balaban J connectivity index is 1.59. The minimum Gasteiger partial charge on any atom is -0.449 e. The van der Waals surface area contributed by atoms with Gasteiger partial charge in [0.1, 0.15) is 12.4 Å². The summed E-state index contributed by atoms with van der Waals surface area (Å²) in [7, 11) is 0. The molecule has 0 unspecified atom stereocenters. The van der Waals surface area contributed by atoms with Crippen molar-refractivity contribution in [3.8, 4) is 5.75 Å². The molecular formula is C24H24ClFN2O3. The van der Waals surface area contributed by atoms with Gasteiger partial charge >= 0.3 is 0 Å². The number of nitrogens with zero attached hydrogens (tertiary/aromatic N) is 1. The van der Waals surface area contributed by atoms with E-state index in [0.717, 1.165) is 25.7 Å². The van der Waals surface area contributed by atoms with Gasteiger partial charge in [-0.2, -0.15) is 0 Å². The van der Waals surface area contributed by atoms with E-state index < -0.39 is 11.7 Å². The molecule has 1 N–H and O–H groups in total. The first kappa shape index (κ1) is 21.4. The van der Waals surface area contributed by atoms with E-state index in [0.29, 0.717) is 11.4 Å². The van der Waals surface area contributed by atoms with Gasteiger partial charge in [-0.25, -0.2) is 4.39 Å². The molecule has 4 rings (SSSR count). The summed E-state index contributed by atoms with van der Waals surface area (Å²) in [6, 6.07) is 11.4. The van der Waals surface area contributed by atoms with Crippen molar-refractivity contribution in [2.24, 2.45) is 0 Å². The molecule has 2 amide bonds. The van der Waals surface area contributed by atoms with Gasteiger partial charge in [-0.1, -0.05) is 55.5 Å². The molecule has 0 bridgehead atoms. The van der Waals surface area contributed by atoms with Crippen molar-refractivity contribution >= 4 is 35.2 Å². The van der Waals surface area contributed by atoms with E-state index in [9.17, 15) is 14.0 Å². The SMILES string of the molecule is O=C(CN1C(=O)/C(=C/c2c(F)cccc2Cl)Oc2ccccc21)NC1CCCCCC1. The summed E-state index contributed by atoms with van der Waals surface area (Å²) in [4.78, 5) is 27.3. The van der Waals surface area contributed by atoms with Gasteiger partial charge in [0.25, 0.3) is 5.91 Å². The van der Waals surface area contributed by atoms with Crippen molar-refractivity contribution in [1.82, 2.24) is 5.32 Å². The van der Waals surface area contributed by atoms with Crippen LogP contribution in [0, 0.1) is 5.82 Å². The first-order chi connectivity index (χ1) is 15.0.